The molecule has 1 rings (SSSR count). The van der Waals surface area contributed by atoms with Crippen molar-refractivity contribution >= 4 is 29.0 Å². The van der Waals surface area contributed by atoms with Crippen molar-refractivity contribution < 1.29 is 9.59 Å². The van der Waals surface area contributed by atoms with E-state index in [0.29, 0.717) is 11.8 Å². The summed E-state index contributed by atoms with van der Waals surface area (Å²) >= 11 is 4.62. The van der Waals surface area contributed by atoms with Gasteiger partial charge in [0.05, 0.1) is 11.5 Å². The maximum Gasteiger partial charge on any atom is 0.309 e. The molecule has 0 heterocycles. The molecule has 5 nitrogen and oxygen atoms in total. The molecule has 0 radical (unpaired) electrons. The van der Waals surface area contributed by atoms with Crippen LogP contribution in [0.25, 0.3) is 0 Å². The Morgan fingerprint density at radius 1 is 1.28 bits per heavy atom. The van der Waals surface area contributed by atoms with Crippen LogP contribution < -0.4 is 16.4 Å². The summed E-state index contributed by atoms with van der Waals surface area (Å²) in [6, 6.07) is 0.0873. The van der Waals surface area contributed by atoms with E-state index in [1.54, 1.807) is 0 Å². The zero-order valence-corrected chi connectivity index (χ0v) is 11.7. The number of carbonyl (C=O) groups is 2. The fourth-order valence-corrected chi connectivity index (χ4v) is 2.43. The number of amides is 2. The van der Waals surface area contributed by atoms with Gasteiger partial charge in [0.15, 0.2) is 0 Å². The van der Waals surface area contributed by atoms with Gasteiger partial charge in [-0.1, -0.05) is 26.1 Å². The average Bonchev–Trinajstić information content (AvgIpc) is 2.29. The third-order valence-corrected chi connectivity index (χ3v) is 3.52. The van der Waals surface area contributed by atoms with Gasteiger partial charge in [0, 0.05) is 6.04 Å². The summed E-state index contributed by atoms with van der Waals surface area (Å²) in [5.41, 5.74) is 5.25. The highest BCUT2D eigenvalue weighted by Gasteiger charge is 2.28. The van der Waals surface area contributed by atoms with Gasteiger partial charge in [0.2, 0.25) is 0 Å². The van der Waals surface area contributed by atoms with Crippen molar-refractivity contribution in [2.24, 2.45) is 17.6 Å². The fraction of sp³-hybridized carbons (Fsp3) is 0.750. The molecular formula is C12H21N3O2S. The summed E-state index contributed by atoms with van der Waals surface area (Å²) in [5, 5.41) is 5.16. The monoisotopic (exact) mass is 271 g/mol. The van der Waals surface area contributed by atoms with Crippen LogP contribution in [0, 0.1) is 11.8 Å². The summed E-state index contributed by atoms with van der Waals surface area (Å²) < 4.78 is 0. The summed E-state index contributed by atoms with van der Waals surface area (Å²) in [7, 11) is 0. The molecule has 1 saturated carbocycles. The van der Waals surface area contributed by atoms with E-state index in [-0.39, 0.29) is 17.6 Å². The minimum absolute atomic E-state index is 0.0544. The molecule has 6 heteroatoms. The Morgan fingerprint density at radius 3 is 2.50 bits per heavy atom. The van der Waals surface area contributed by atoms with E-state index < -0.39 is 11.8 Å². The molecule has 2 amide bonds. The molecule has 3 atom stereocenters. The lowest BCUT2D eigenvalue weighted by Gasteiger charge is -2.32. The first-order valence-corrected chi connectivity index (χ1v) is 6.68. The van der Waals surface area contributed by atoms with Gasteiger partial charge in [-0.15, -0.1) is 0 Å². The van der Waals surface area contributed by atoms with Crippen LogP contribution in [0.3, 0.4) is 0 Å². The highest BCUT2D eigenvalue weighted by molar-refractivity contribution is 7.80. The SMILES string of the molecule is CC1CCC(NC(=O)C(=O)NCC(N)=S)C(C)C1. The summed E-state index contributed by atoms with van der Waals surface area (Å²) in [4.78, 5) is 23.3. The van der Waals surface area contributed by atoms with Crippen LogP contribution >= 0.6 is 12.2 Å². The van der Waals surface area contributed by atoms with Gasteiger partial charge in [-0.25, -0.2) is 0 Å². The Labute approximate surface area is 113 Å². The van der Waals surface area contributed by atoms with Crippen molar-refractivity contribution in [1.29, 1.82) is 0 Å². The van der Waals surface area contributed by atoms with Gasteiger partial charge in [-0.05, 0) is 31.1 Å². The molecule has 0 saturated heterocycles. The topological polar surface area (TPSA) is 84.2 Å². The zero-order chi connectivity index (χ0) is 13.7. The minimum atomic E-state index is -0.673. The summed E-state index contributed by atoms with van der Waals surface area (Å²) in [5.74, 6) is -0.177. The number of hydrogen-bond acceptors (Lipinski definition) is 3. The van der Waals surface area contributed by atoms with Crippen molar-refractivity contribution in [3.05, 3.63) is 0 Å². The number of carbonyl (C=O) groups excluding carboxylic acids is 2. The van der Waals surface area contributed by atoms with Crippen LogP contribution in [0.4, 0.5) is 0 Å². The van der Waals surface area contributed by atoms with E-state index in [4.69, 9.17) is 5.73 Å². The molecule has 1 aliphatic carbocycles. The van der Waals surface area contributed by atoms with Crippen LogP contribution in [0.1, 0.15) is 33.1 Å². The van der Waals surface area contributed by atoms with Crippen LogP contribution in [0.2, 0.25) is 0 Å². The van der Waals surface area contributed by atoms with E-state index >= 15 is 0 Å². The summed E-state index contributed by atoms with van der Waals surface area (Å²) in [6.07, 6.45) is 3.10. The lowest BCUT2D eigenvalue weighted by atomic mass is 9.80. The van der Waals surface area contributed by atoms with E-state index in [2.05, 4.69) is 36.7 Å². The average molecular weight is 271 g/mol. The molecular weight excluding hydrogens is 250 g/mol. The molecule has 102 valence electrons. The molecule has 0 aromatic heterocycles. The Balaban J connectivity index is 2.39. The van der Waals surface area contributed by atoms with Gasteiger partial charge in [0.25, 0.3) is 0 Å². The van der Waals surface area contributed by atoms with E-state index in [1.165, 1.54) is 0 Å². The lowest BCUT2D eigenvalue weighted by molar-refractivity contribution is -0.139. The quantitative estimate of drug-likeness (QED) is 0.510. The van der Waals surface area contributed by atoms with Crippen molar-refractivity contribution in [1.82, 2.24) is 10.6 Å². The Hall–Kier alpha value is -1.17. The molecule has 0 spiro atoms. The fourth-order valence-electron chi connectivity index (χ4n) is 2.36. The maximum atomic E-state index is 11.6. The first kappa shape index (κ1) is 14.9. The van der Waals surface area contributed by atoms with E-state index in [0.717, 1.165) is 19.3 Å². The largest absolute Gasteiger partial charge is 0.392 e. The van der Waals surface area contributed by atoms with Crippen molar-refractivity contribution in [3.8, 4) is 0 Å². The number of nitrogens with two attached hydrogens (primary N) is 1. The van der Waals surface area contributed by atoms with Crippen molar-refractivity contribution in [2.45, 2.75) is 39.2 Å². The number of nitrogens with one attached hydrogen (secondary N) is 2. The molecule has 0 aliphatic heterocycles. The van der Waals surface area contributed by atoms with Crippen molar-refractivity contribution in [2.75, 3.05) is 6.54 Å². The predicted octanol–water partition coefficient (Wildman–Crippen LogP) is 0.330. The van der Waals surface area contributed by atoms with Crippen LogP contribution in [0.15, 0.2) is 0 Å². The Morgan fingerprint density at radius 2 is 1.94 bits per heavy atom. The van der Waals surface area contributed by atoms with Crippen molar-refractivity contribution in [3.63, 3.8) is 0 Å². The van der Waals surface area contributed by atoms with E-state index in [9.17, 15) is 9.59 Å². The summed E-state index contributed by atoms with van der Waals surface area (Å²) in [6.45, 7) is 4.37. The highest BCUT2D eigenvalue weighted by Crippen LogP contribution is 2.28. The van der Waals surface area contributed by atoms with E-state index in [1.807, 2.05) is 0 Å². The van der Waals surface area contributed by atoms with Gasteiger partial charge < -0.3 is 16.4 Å². The Kier molecular flexibility index (Phi) is 5.53. The lowest BCUT2D eigenvalue weighted by Crippen LogP contribution is -2.49. The van der Waals surface area contributed by atoms with Gasteiger partial charge >= 0.3 is 11.8 Å². The molecule has 3 unspecified atom stereocenters. The van der Waals surface area contributed by atoms with Gasteiger partial charge in [-0.3, -0.25) is 9.59 Å². The molecule has 4 N–H and O–H groups in total. The standard InChI is InChI=1S/C12H21N3O2S/c1-7-3-4-9(8(2)5-7)15-12(17)11(16)14-6-10(13)18/h7-9H,3-6H2,1-2H3,(H2,13,18)(H,14,16)(H,15,17). The smallest absolute Gasteiger partial charge is 0.309 e. The Bertz CT molecular complexity index is 346. The van der Waals surface area contributed by atoms with Crippen LogP contribution in [-0.2, 0) is 9.59 Å². The second kappa shape index (κ2) is 6.68. The molecule has 18 heavy (non-hydrogen) atoms. The molecule has 0 bridgehead atoms. The van der Waals surface area contributed by atoms with Gasteiger partial charge in [-0.2, -0.15) is 0 Å². The zero-order valence-electron chi connectivity index (χ0n) is 10.9. The predicted molar refractivity (Wildman–Crippen MR) is 73.9 cm³/mol. The second-order valence-corrected chi connectivity index (χ2v) is 5.65. The molecule has 1 fully saturated rings. The first-order chi connectivity index (χ1) is 8.40. The number of thiocarbonyl (C=S) groups is 1. The first-order valence-electron chi connectivity index (χ1n) is 6.27. The number of hydrogen-bond donors (Lipinski definition) is 3. The van der Waals surface area contributed by atoms with Crippen LogP contribution in [-0.4, -0.2) is 29.4 Å². The van der Waals surface area contributed by atoms with Crippen LogP contribution in [0.5, 0.6) is 0 Å². The maximum absolute atomic E-state index is 11.6. The normalized spacial score (nSPS) is 27.3. The van der Waals surface area contributed by atoms with Gasteiger partial charge in [0.1, 0.15) is 0 Å². The minimum Gasteiger partial charge on any atom is -0.392 e. The third kappa shape index (κ3) is 4.60. The molecule has 1 aliphatic rings. The molecule has 0 aromatic carbocycles. The third-order valence-electron chi connectivity index (χ3n) is 3.38. The second-order valence-electron chi connectivity index (χ2n) is 5.12. The number of rotatable bonds is 3. The highest BCUT2D eigenvalue weighted by atomic mass is 32.1. The molecule has 0 aromatic rings.